The lowest BCUT2D eigenvalue weighted by molar-refractivity contribution is -0.137. The quantitative estimate of drug-likeness (QED) is 0.917. The van der Waals surface area contributed by atoms with Crippen molar-refractivity contribution in [3.05, 3.63) is 29.6 Å². The van der Waals surface area contributed by atoms with Crippen molar-refractivity contribution in [2.75, 3.05) is 13.1 Å². The minimum absolute atomic E-state index is 0.0473. The van der Waals surface area contributed by atoms with Gasteiger partial charge in [-0.15, -0.1) is 0 Å². The normalized spacial score (nSPS) is 20.2. The number of aryl methyl sites for hydroxylation is 1. The van der Waals surface area contributed by atoms with Gasteiger partial charge in [-0.3, -0.25) is 4.79 Å². The number of hydrogen-bond donors (Lipinski definition) is 1. The van der Waals surface area contributed by atoms with E-state index in [2.05, 4.69) is 0 Å². The first kappa shape index (κ1) is 14.9. The molecule has 1 aromatic rings. The third-order valence-electron chi connectivity index (χ3n) is 3.49. The van der Waals surface area contributed by atoms with Gasteiger partial charge in [0.2, 0.25) is 10.0 Å². The van der Waals surface area contributed by atoms with Gasteiger partial charge < -0.3 is 5.11 Å². The Morgan fingerprint density at radius 1 is 1.50 bits per heavy atom. The Balaban J connectivity index is 2.19. The smallest absolute Gasteiger partial charge is 0.303 e. The first-order chi connectivity index (χ1) is 9.30. The zero-order valence-corrected chi connectivity index (χ0v) is 11.9. The molecule has 0 radical (unpaired) electrons. The van der Waals surface area contributed by atoms with E-state index < -0.39 is 21.8 Å². The van der Waals surface area contributed by atoms with E-state index in [9.17, 15) is 17.6 Å². The molecule has 2 rings (SSSR count). The molecule has 0 aliphatic carbocycles. The second-order valence-electron chi connectivity index (χ2n) is 5.03. The van der Waals surface area contributed by atoms with E-state index in [1.165, 1.54) is 16.4 Å². The molecule has 1 fully saturated rings. The maximum absolute atomic E-state index is 13.5. The third kappa shape index (κ3) is 2.99. The number of carboxylic acids is 1. The minimum Gasteiger partial charge on any atom is -0.481 e. The van der Waals surface area contributed by atoms with Crippen molar-refractivity contribution in [2.45, 2.75) is 24.7 Å². The monoisotopic (exact) mass is 301 g/mol. The number of aliphatic carboxylic acids is 1. The van der Waals surface area contributed by atoms with E-state index >= 15 is 0 Å². The summed E-state index contributed by atoms with van der Waals surface area (Å²) in [6.07, 6.45) is 0.466. The number of rotatable bonds is 4. The molecule has 5 nitrogen and oxygen atoms in total. The second kappa shape index (κ2) is 5.49. The summed E-state index contributed by atoms with van der Waals surface area (Å²) < 4.78 is 39.4. The number of hydrogen-bond acceptors (Lipinski definition) is 3. The molecule has 1 unspecified atom stereocenters. The topological polar surface area (TPSA) is 74.7 Å². The van der Waals surface area contributed by atoms with Crippen LogP contribution in [0.15, 0.2) is 23.1 Å². The molecule has 1 heterocycles. The van der Waals surface area contributed by atoms with Gasteiger partial charge in [0.1, 0.15) is 5.82 Å². The fourth-order valence-electron chi connectivity index (χ4n) is 2.31. The van der Waals surface area contributed by atoms with Gasteiger partial charge in [-0.2, -0.15) is 4.31 Å². The average molecular weight is 301 g/mol. The number of carbonyl (C=O) groups is 1. The third-order valence-corrected chi connectivity index (χ3v) is 5.35. The van der Waals surface area contributed by atoms with Crippen LogP contribution in [0.5, 0.6) is 0 Å². The van der Waals surface area contributed by atoms with Crippen LogP contribution in [0.1, 0.15) is 18.4 Å². The van der Waals surface area contributed by atoms with Crippen LogP contribution in [0.4, 0.5) is 4.39 Å². The summed E-state index contributed by atoms with van der Waals surface area (Å²) >= 11 is 0. The Morgan fingerprint density at radius 2 is 2.20 bits per heavy atom. The predicted octanol–water partition coefficient (Wildman–Crippen LogP) is 1.62. The Hall–Kier alpha value is -1.47. The van der Waals surface area contributed by atoms with Gasteiger partial charge in [0.25, 0.3) is 0 Å². The molecule has 0 bridgehead atoms. The van der Waals surface area contributed by atoms with Gasteiger partial charge in [0.05, 0.1) is 4.90 Å². The molecule has 1 aliphatic heterocycles. The Morgan fingerprint density at radius 3 is 2.80 bits per heavy atom. The van der Waals surface area contributed by atoms with Crippen molar-refractivity contribution in [1.29, 1.82) is 0 Å². The summed E-state index contributed by atoms with van der Waals surface area (Å²) in [7, 11) is -3.75. The SMILES string of the molecule is Cc1ccc(S(=O)(=O)N2CCC(CC(=O)O)C2)cc1F. The van der Waals surface area contributed by atoms with E-state index in [0.717, 1.165) is 6.07 Å². The molecule has 0 aromatic heterocycles. The Labute approximate surface area is 117 Å². The molecule has 1 atom stereocenters. The Bertz CT molecular complexity index is 629. The number of carboxylic acid groups (broad SMARTS) is 1. The first-order valence-corrected chi connectivity index (χ1v) is 7.73. The number of sulfonamides is 1. The van der Waals surface area contributed by atoms with Gasteiger partial charge in [0, 0.05) is 19.5 Å². The number of benzene rings is 1. The van der Waals surface area contributed by atoms with E-state index in [4.69, 9.17) is 5.11 Å². The maximum atomic E-state index is 13.5. The zero-order chi connectivity index (χ0) is 14.9. The summed E-state index contributed by atoms with van der Waals surface area (Å²) in [4.78, 5) is 10.6. The molecule has 0 amide bonds. The molecule has 110 valence electrons. The summed E-state index contributed by atoms with van der Waals surface area (Å²) in [5.41, 5.74) is 0.383. The molecule has 1 aromatic carbocycles. The van der Waals surface area contributed by atoms with Gasteiger partial charge in [-0.05, 0) is 37.0 Å². The van der Waals surface area contributed by atoms with Gasteiger partial charge >= 0.3 is 5.97 Å². The van der Waals surface area contributed by atoms with Crippen molar-refractivity contribution in [2.24, 2.45) is 5.92 Å². The van der Waals surface area contributed by atoms with Gasteiger partial charge in [-0.25, -0.2) is 12.8 Å². The fourth-order valence-corrected chi connectivity index (χ4v) is 3.86. The van der Waals surface area contributed by atoms with Crippen LogP contribution in [0.3, 0.4) is 0 Å². The maximum Gasteiger partial charge on any atom is 0.303 e. The highest BCUT2D eigenvalue weighted by Crippen LogP contribution is 2.26. The second-order valence-corrected chi connectivity index (χ2v) is 6.96. The summed E-state index contributed by atoms with van der Waals surface area (Å²) in [6.45, 7) is 2.00. The lowest BCUT2D eigenvalue weighted by atomic mass is 10.1. The van der Waals surface area contributed by atoms with Crippen LogP contribution >= 0.6 is 0 Å². The van der Waals surface area contributed by atoms with Crippen LogP contribution in [-0.2, 0) is 14.8 Å². The molecular formula is C13H16FNO4S. The predicted molar refractivity (Wildman–Crippen MR) is 70.3 cm³/mol. The first-order valence-electron chi connectivity index (χ1n) is 6.29. The van der Waals surface area contributed by atoms with Crippen LogP contribution in [0, 0.1) is 18.7 Å². The molecule has 1 N–H and O–H groups in total. The number of nitrogens with zero attached hydrogens (tertiary/aromatic N) is 1. The van der Waals surface area contributed by atoms with Crippen molar-refractivity contribution >= 4 is 16.0 Å². The van der Waals surface area contributed by atoms with Crippen molar-refractivity contribution in [1.82, 2.24) is 4.31 Å². The van der Waals surface area contributed by atoms with Crippen LogP contribution in [0.25, 0.3) is 0 Å². The summed E-state index contributed by atoms with van der Waals surface area (Å²) in [6, 6.07) is 3.81. The lowest BCUT2D eigenvalue weighted by Crippen LogP contribution is -2.29. The minimum atomic E-state index is -3.75. The fraction of sp³-hybridized carbons (Fsp3) is 0.462. The Kier molecular flexibility index (Phi) is 4.10. The van der Waals surface area contributed by atoms with Gasteiger partial charge in [-0.1, -0.05) is 6.07 Å². The van der Waals surface area contributed by atoms with E-state index in [1.54, 1.807) is 6.92 Å². The van der Waals surface area contributed by atoms with Crippen molar-refractivity contribution < 1.29 is 22.7 Å². The van der Waals surface area contributed by atoms with Crippen molar-refractivity contribution in [3.63, 3.8) is 0 Å². The molecule has 0 spiro atoms. The summed E-state index contributed by atoms with van der Waals surface area (Å²) in [5, 5.41) is 8.73. The highest BCUT2D eigenvalue weighted by atomic mass is 32.2. The van der Waals surface area contributed by atoms with E-state index in [-0.39, 0.29) is 30.3 Å². The van der Waals surface area contributed by atoms with Crippen LogP contribution in [0.2, 0.25) is 0 Å². The molecule has 1 saturated heterocycles. The van der Waals surface area contributed by atoms with Crippen LogP contribution < -0.4 is 0 Å². The standard InChI is InChI=1S/C13H16FNO4S/c1-9-2-3-11(7-12(9)14)20(18,19)15-5-4-10(8-15)6-13(16)17/h2-3,7,10H,4-6,8H2,1H3,(H,16,17). The van der Waals surface area contributed by atoms with Gasteiger partial charge in [0.15, 0.2) is 0 Å². The highest BCUT2D eigenvalue weighted by Gasteiger charge is 2.33. The van der Waals surface area contributed by atoms with E-state index in [0.29, 0.717) is 12.0 Å². The highest BCUT2D eigenvalue weighted by molar-refractivity contribution is 7.89. The van der Waals surface area contributed by atoms with E-state index in [1.807, 2.05) is 0 Å². The number of halogens is 1. The molecule has 7 heteroatoms. The summed E-state index contributed by atoms with van der Waals surface area (Å²) in [5.74, 6) is -1.68. The van der Waals surface area contributed by atoms with Crippen molar-refractivity contribution in [3.8, 4) is 0 Å². The zero-order valence-electron chi connectivity index (χ0n) is 11.0. The largest absolute Gasteiger partial charge is 0.481 e. The molecule has 1 aliphatic rings. The van der Waals surface area contributed by atoms with Crippen LogP contribution in [-0.4, -0.2) is 36.9 Å². The average Bonchev–Trinajstić information content (AvgIpc) is 2.80. The lowest BCUT2D eigenvalue weighted by Gasteiger charge is -2.16. The molecular weight excluding hydrogens is 285 g/mol. The molecule has 20 heavy (non-hydrogen) atoms. The molecule has 0 saturated carbocycles.